The van der Waals surface area contributed by atoms with Gasteiger partial charge in [0.1, 0.15) is 11.8 Å². The van der Waals surface area contributed by atoms with E-state index in [-0.39, 0.29) is 0 Å². The van der Waals surface area contributed by atoms with Gasteiger partial charge in [-0.3, -0.25) is 4.98 Å². The van der Waals surface area contributed by atoms with E-state index < -0.39 is 0 Å². The van der Waals surface area contributed by atoms with E-state index in [9.17, 15) is 0 Å². The molecule has 0 fully saturated rings. The zero-order valence-electron chi connectivity index (χ0n) is 10.4. The molecule has 0 radical (unpaired) electrons. The Morgan fingerprint density at radius 2 is 2.32 bits per heavy atom. The van der Waals surface area contributed by atoms with Gasteiger partial charge in [0.2, 0.25) is 0 Å². The highest BCUT2D eigenvalue weighted by Crippen LogP contribution is 2.31. The molecule has 5 heteroatoms. The Balaban J connectivity index is 2.74. The number of aromatic nitrogens is 1. The number of nitrogens with zero attached hydrogens (tertiary/aromatic N) is 2. The molecule has 0 saturated carbocycles. The molecule has 2 N–H and O–H groups in total. The summed E-state index contributed by atoms with van der Waals surface area (Å²) in [6.07, 6.45) is 4.61. The molecule has 0 saturated heterocycles. The highest BCUT2D eigenvalue weighted by molar-refractivity contribution is 6.36. The minimum Gasteiger partial charge on any atom is -0.493 e. The lowest BCUT2D eigenvalue weighted by Crippen LogP contribution is -1.96. The van der Waals surface area contributed by atoms with Crippen molar-refractivity contribution >= 4 is 28.6 Å². The highest BCUT2D eigenvalue weighted by Gasteiger charge is 2.10. The number of halogens is 1. The number of ether oxygens (including phenoxy) is 1. The Hall–Kier alpha value is -2.25. The number of nitrogens with two attached hydrogens (primary N) is 1. The fourth-order valence-electron chi connectivity index (χ4n) is 1.80. The van der Waals surface area contributed by atoms with Crippen molar-refractivity contribution in [2.45, 2.75) is 6.92 Å². The molecule has 1 aromatic carbocycles. The van der Waals surface area contributed by atoms with Crippen molar-refractivity contribution in [2.75, 3.05) is 6.61 Å². The molecule has 4 nitrogen and oxygen atoms in total. The van der Waals surface area contributed by atoms with Crippen molar-refractivity contribution in [1.29, 1.82) is 5.26 Å². The molecule has 96 valence electrons. The second-order valence-electron chi connectivity index (χ2n) is 3.80. The lowest BCUT2D eigenvalue weighted by molar-refractivity contribution is 0.340. The molecule has 0 amide bonds. The number of rotatable bonds is 3. The number of nitriles is 1. The van der Waals surface area contributed by atoms with Gasteiger partial charge in [0.05, 0.1) is 22.7 Å². The van der Waals surface area contributed by atoms with E-state index in [0.717, 1.165) is 5.56 Å². The molecular formula is C14H12ClN3O. The molecule has 0 spiro atoms. The Morgan fingerprint density at radius 1 is 1.53 bits per heavy atom. The predicted octanol–water partition coefficient (Wildman–Crippen LogP) is 3.09. The van der Waals surface area contributed by atoms with Crippen LogP contribution in [0.1, 0.15) is 18.1 Å². The summed E-state index contributed by atoms with van der Waals surface area (Å²) in [5.41, 5.74) is 7.26. The summed E-state index contributed by atoms with van der Waals surface area (Å²) >= 11 is 6.18. The van der Waals surface area contributed by atoms with Crippen LogP contribution in [-0.4, -0.2) is 11.6 Å². The van der Waals surface area contributed by atoms with E-state index in [2.05, 4.69) is 4.98 Å². The van der Waals surface area contributed by atoms with Gasteiger partial charge in [-0.05, 0) is 25.3 Å². The first-order valence-electron chi connectivity index (χ1n) is 5.74. The van der Waals surface area contributed by atoms with Crippen molar-refractivity contribution in [2.24, 2.45) is 5.73 Å². The van der Waals surface area contributed by atoms with Crippen LogP contribution in [0.3, 0.4) is 0 Å². The molecule has 0 bridgehead atoms. The van der Waals surface area contributed by atoms with E-state index in [4.69, 9.17) is 27.3 Å². The quantitative estimate of drug-likeness (QED) is 0.933. The minimum absolute atomic E-state index is 0.348. The van der Waals surface area contributed by atoms with Crippen molar-refractivity contribution in [1.82, 2.24) is 4.98 Å². The Kier molecular flexibility index (Phi) is 3.88. The van der Waals surface area contributed by atoms with Crippen LogP contribution in [0.5, 0.6) is 5.75 Å². The highest BCUT2D eigenvalue weighted by atomic mass is 35.5. The molecule has 1 aromatic heterocycles. The average Bonchev–Trinajstić information content (AvgIpc) is 2.41. The second kappa shape index (κ2) is 5.59. The van der Waals surface area contributed by atoms with Crippen LogP contribution in [0.4, 0.5) is 0 Å². The zero-order valence-corrected chi connectivity index (χ0v) is 11.1. The van der Waals surface area contributed by atoms with E-state index in [0.29, 0.717) is 33.8 Å². The number of hydrogen-bond donors (Lipinski definition) is 1. The van der Waals surface area contributed by atoms with E-state index in [1.165, 1.54) is 12.4 Å². The lowest BCUT2D eigenvalue weighted by Gasteiger charge is -2.10. The first-order chi connectivity index (χ1) is 9.21. The number of hydrogen-bond acceptors (Lipinski definition) is 4. The van der Waals surface area contributed by atoms with Gasteiger partial charge in [0, 0.05) is 23.2 Å². The second-order valence-corrected chi connectivity index (χ2v) is 4.17. The molecule has 0 aliphatic rings. The van der Waals surface area contributed by atoms with Gasteiger partial charge in [0.15, 0.2) is 0 Å². The van der Waals surface area contributed by atoms with Gasteiger partial charge in [0.25, 0.3) is 0 Å². The maximum atomic E-state index is 8.96. The molecule has 0 aliphatic carbocycles. The minimum atomic E-state index is 0.348. The normalized spacial score (nSPS) is 10.8. The van der Waals surface area contributed by atoms with Crippen molar-refractivity contribution < 1.29 is 4.74 Å². The van der Waals surface area contributed by atoms with Crippen LogP contribution in [0, 0.1) is 11.3 Å². The van der Waals surface area contributed by atoms with Crippen LogP contribution in [-0.2, 0) is 0 Å². The summed E-state index contributed by atoms with van der Waals surface area (Å²) in [7, 11) is 0. The number of benzene rings is 1. The predicted molar refractivity (Wildman–Crippen MR) is 75.9 cm³/mol. The molecule has 0 unspecified atom stereocenters. The van der Waals surface area contributed by atoms with Crippen LogP contribution >= 0.6 is 11.6 Å². The van der Waals surface area contributed by atoms with Gasteiger partial charge in [-0.15, -0.1) is 0 Å². The van der Waals surface area contributed by atoms with Crippen LogP contribution in [0.2, 0.25) is 5.02 Å². The third-order valence-corrected chi connectivity index (χ3v) is 3.04. The summed E-state index contributed by atoms with van der Waals surface area (Å²) in [6, 6.07) is 5.62. The van der Waals surface area contributed by atoms with E-state index in [1.807, 2.05) is 19.1 Å². The largest absolute Gasteiger partial charge is 0.493 e. The molecule has 0 atom stereocenters. The summed E-state index contributed by atoms with van der Waals surface area (Å²) in [6.45, 7) is 2.44. The van der Waals surface area contributed by atoms with E-state index in [1.54, 1.807) is 12.1 Å². The topological polar surface area (TPSA) is 71.9 Å². The van der Waals surface area contributed by atoms with Crippen molar-refractivity contribution in [3.63, 3.8) is 0 Å². The maximum absolute atomic E-state index is 8.96. The van der Waals surface area contributed by atoms with Crippen LogP contribution in [0.25, 0.3) is 17.0 Å². The van der Waals surface area contributed by atoms with Crippen LogP contribution < -0.4 is 10.5 Å². The van der Waals surface area contributed by atoms with Gasteiger partial charge in [-0.25, -0.2) is 0 Å². The fraction of sp³-hybridized carbons (Fsp3) is 0.143. The summed E-state index contributed by atoms with van der Waals surface area (Å²) in [4.78, 5) is 4.21. The smallest absolute Gasteiger partial charge is 0.128 e. The van der Waals surface area contributed by atoms with Gasteiger partial charge in [-0.2, -0.15) is 5.26 Å². The van der Waals surface area contributed by atoms with Crippen molar-refractivity contribution in [3.8, 4) is 11.8 Å². The molecule has 1 heterocycles. The number of pyridine rings is 1. The maximum Gasteiger partial charge on any atom is 0.128 e. The molecule has 0 aliphatic heterocycles. The Morgan fingerprint density at radius 3 is 2.95 bits per heavy atom. The summed E-state index contributed by atoms with van der Waals surface area (Å²) in [5, 5.41) is 10.1. The molecule has 2 aromatic rings. The monoisotopic (exact) mass is 273 g/mol. The zero-order chi connectivity index (χ0) is 13.8. The average molecular weight is 274 g/mol. The SMILES string of the molecule is CCOc1cc2ncc(C#N)c(Cl)c2cc1C=CN. The molecular weight excluding hydrogens is 262 g/mol. The Labute approximate surface area is 116 Å². The first kappa shape index (κ1) is 13.2. The lowest BCUT2D eigenvalue weighted by atomic mass is 10.1. The Bertz CT molecular complexity index is 689. The first-order valence-corrected chi connectivity index (χ1v) is 6.12. The fourth-order valence-corrected chi connectivity index (χ4v) is 2.04. The van der Waals surface area contributed by atoms with Gasteiger partial charge < -0.3 is 10.5 Å². The summed E-state index contributed by atoms with van der Waals surface area (Å²) in [5.74, 6) is 0.685. The third-order valence-electron chi connectivity index (χ3n) is 2.63. The third kappa shape index (κ3) is 2.47. The molecule has 19 heavy (non-hydrogen) atoms. The van der Waals surface area contributed by atoms with E-state index >= 15 is 0 Å². The standard InChI is InChI=1S/C14H12ClN3O/c1-2-19-13-6-12-11(5-9(13)3-4-16)14(15)10(7-17)8-18-12/h3-6,8H,2,16H2,1H3. The number of fused-ring (bicyclic) bond motifs is 1. The van der Waals surface area contributed by atoms with Gasteiger partial charge in [-0.1, -0.05) is 11.6 Å². The summed E-state index contributed by atoms with van der Waals surface area (Å²) < 4.78 is 5.54. The van der Waals surface area contributed by atoms with Gasteiger partial charge >= 0.3 is 0 Å². The van der Waals surface area contributed by atoms with Crippen molar-refractivity contribution in [3.05, 3.63) is 40.7 Å². The van der Waals surface area contributed by atoms with Crippen LogP contribution in [0.15, 0.2) is 24.5 Å². The molecule has 2 rings (SSSR count).